The first kappa shape index (κ1) is 19.6. The largest absolute Gasteiger partial charge is 0.337 e. The molecule has 8 heteroatoms. The van der Waals surface area contributed by atoms with E-state index in [0.29, 0.717) is 18.8 Å². The molecule has 1 aliphatic rings. The summed E-state index contributed by atoms with van der Waals surface area (Å²) < 4.78 is 0. The Bertz CT molecular complexity index is 979. The first-order valence-electron chi connectivity index (χ1n) is 9.37. The molecule has 2 amide bonds. The summed E-state index contributed by atoms with van der Waals surface area (Å²) in [6.45, 7) is 1.14. The van der Waals surface area contributed by atoms with Crippen molar-refractivity contribution < 1.29 is 9.59 Å². The summed E-state index contributed by atoms with van der Waals surface area (Å²) >= 11 is 2.87. The zero-order chi connectivity index (χ0) is 20.1. The molecule has 0 bridgehead atoms. The lowest BCUT2D eigenvalue weighted by atomic mass is 9.97. The number of likely N-dealkylation sites (tertiary alicyclic amines) is 1. The van der Waals surface area contributed by atoms with E-state index in [9.17, 15) is 9.59 Å². The van der Waals surface area contributed by atoms with Crippen molar-refractivity contribution in [3.8, 4) is 0 Å². The second kappa shape index (κ2) is 9.19. The minimum atomic E-state index is -0.215. The summed E-state index contributed by atoms with van der Waals surface area (Å²) in [4.78, 5) is 36.5. The fourth-order valence-corrected chi connectivity index (χ4v) is 4.70. The van der Waals surface area contributed by atoms with Gasteiger partial charge < -0.3 is 10.2 Å². The van der Waals surface area contributed by atoms with E-state index in [-0.39, 0.29) is 17.7 Å². The van der Waals surface area contributed by atoms with Gasteiger partial charge in [-0.15, -0.1) is 11.3 Å². The lowest BCUT2D eigenvalue weighted by Gasteiger charge is -2.31. The fraction of sp³-hybridized carbons (Fsp3) is 0.238. The van der Waals surface area contributed by atoms with E-state index in [1.54, 1.807) is 23.4 Å². The number of aromatic nitrogens is 2. The standard InChI is InChI=1S/C21H20N4O2S2/c26-20(15-5-3-11-25(14-15)21(27)17-6-4-12-28-17)24-16-8-10-23-19(13-16)29-18-7-1-2-9-22-18/h1-2,4,6-10,12-13,15H,3,5,11,14H2,(H,23,24,26)/t15-/m0/s1. The van der Waals surface area contributed by atoms with Crippen LogP contribution < -0.4 is 5.32 Å². The van der Waals surface area contributed by atoms with E-state index in [4.69, 9.17) is 0 Å². The molecule has 0 unspecified atom stereocenters. The molecule has 1 saturated heterocycles. The van der Waals surface area contributed by atoms with Crippen molar-refractivity contribution in [2.45, 2.75) is 22.9 Å². The summed E-state index contributed by atoms with van der Waals surface area (Å²) in [5.74, 6) is -0.267. The molecule has 4 rings (SSSR count). The minimum absolute atomic E-state index is 0.00968. The average molecular weight is 425 g/mol. The van der Waals surface area contributed by atoms with Crippen molar-refractivity contribution in [2.75, 3.05) is 18.4 Å². The zero-order valence-electron chi connectivity index (χ0n) is 15.7. The van der Waals surface area contributed by atoms with E-state index in [2.05, 4.69) is 15.3 Å². The minimum Gasteiger partial charge on any atom is -0.337 e. The van der Waals surface area contributed by atoms with Gasteiger partial charge >= 0.3 is 0 Å². The summed E-state index contributed by atoms with van der Waals surface area (Å²) in [5, 5.41) is 6.49. The van der Waals surface area contributed by atoms with Gasteiger partial charge in [0.05, 0.1) is 10.8 Å². The molecule has 3 aromatic heterocycles. The highest BCUT2D eigenvalue weighted by Gasteiger charge is 2.29. The zero-order valence-corrected chi connectivity index (χ0v) is 17.3. The van der Waals surface area contributed by atoms with E-state index in [1.807, 2.05) is 41.8 Å². The predicted molar refractivity (Wildman–Crippen MR) is 114 cm³/mol. The van der Waals surface area contributed by atoms with E-state index < -0.39 is 0 Å². The number of nitrogens with zero attached hydrogens (tertiary/aromatic N) is 3. The number of thiophene rings is 1. The van der Waals surface area contributed by atoms with E-state index in [1.165, 1.54) is 23.1 Å². The molecule has 0 aliphatic carbocycles. The second-order valence-corrected chi connectivity index (χ2v) is 8.70. The molecule has 6 nitrogen and oxygen atoms in total. The maximum Gasteiger partial charge on any atom is 0.263 e. The molecular weight excluding hydrogens is 404 g/mol. The van der Waals surface area contributed by atoms with Gasteiger partial charge in [-0.05, 0) is 48.6 Å². The Morgan fingerprint density at radius 2 is 2.00 bits per heavy atom. The van der Waals surface area contributed by atoms with Gasteiger partial charge in [0.1, 0.15) is 10.1 Å². The summed E-state index contributed by atoms with van der Waals surface area (Å²) in [6, 6.07) is 13.0. The number of carbonyl (C=O) groups excluding carboxylic acids is 2. The van der Waals surface area contributed by atoms with Crippen LogP contribution in [0.25, 0.3) is 0 Å². The molecule has 4 heterocycles. The Balaban J connectivity index is 1.38. The Morgan fingerprint density at radius 1 is 1.10 bits per heavy atom. The molecule has 0 spiro atoms. The first-order chi connectivity index (χ1) is 14.2. The molecule has 148 valence electrons. The molecule has 1 N–H and O–H groups in total. The van der Waals surface area contributed by atoms with Gasteiger partial charge in [-0.25, -0.2) is 9.97 Å². The number of carbonyl (C=O) groups is 2. The Hall–Kier alpha value is -2.71. The van der Waals surface area contributed by atoms with Gasteiger partial charge in [-0.2, -0.15) is 0 Å². The van der Waals surface area contributed by atoms with Gasteiger partial charge in [0.25, 0.3) is 5.91 Å². The smallest absolute Gasteiger partial charge is 0.263 e. The first-order valence-corrected chi connectivity index (χ1v) is 11.1. The molecule has 1 fully saturated rings. The SMILES string of the molecule is O=C(Nc1ccnc(Sc2ccccn2)c1)[C@H]1CCCN(C(=O)c2cccs2)C1. The van der Waals surface area contributed by atoms with Gasteiger partial charge in [-0.3, -0.25) is 9.59 Å². The number of rotatable bonds is 5. The number of amides is 2. The Morgan fingerprint density at radius 3 is 2.79 bits per heavy atom. The van der Waals surface area contributed by atoms with Gasteiger partial charge in [0, 0.05) is 31.2 Å². The third-order valence-corrected chi connectivity index (χ3v) is 6.40. The predicted octanol–water partition coefficient (Wildman–Crippen LogP) is 4.18. The molecule has 3 aromatic rings. The van der Waals surface area contributed by atoms with Crippen molar-refractivity contribution in [2.24, 2.45) is 5.92 Å². The van der Waals surface area contributed by atoms with Crippen LogP contribution >= 0.6 is 23.1 Å². The van der Waals surface area contributed by atoms with Crippen LogP contribution in [0.1, 0.15) is 22.5 Å². The molecule has 0 radical (unpaired) electrons. The number of nitrogens with one attached hydrogen (secondary N) is 1. The number of hydrogen-bond donors (Lipinski definition) is 1. The van der Waals surface area contributed by atoms with E-state index in [0.717, 1.165) is 27.8 Å². The lowest BCUT2D eigenvalue weighted by molar-refractivity contribution is -0.121. The van der Waals surface area contributed by atoms with Crippen LogP contribution in [0.3, 0.4) is 0 Å². The maximum absolute atomic E-state index is 12.8. The van der Waals surface area contributed by atoms with Crippen LogP contribution in [-0.2, 0) is 4.79 Å². The van der Waals surface area contributed by atoms with Gasteiger partial charge in [0.2, 0.25) is 5.91 Å². The quantitative estimate of drug-likeness (QED) is 0.665. The topological polar surface area (TPSA) is 75.2 Å². The highest BCUT2D eigenvalue weighted by atomic mass is 32.2. The number of pyridine rings is 2. The number of hydrogen-bond acceptors (Lipinski definition) is 6. The fourth-order valence-electron chi connectivity index (χ4n) is 3.23. The van der Waals surface area contributed by atoms with Gasteiger partial charge in [-0.1, -0.05) is 23.9 Å². The van der Waals surface area contributed by atoms with Crippen LogP contribution in [0.15, 0.2) is 70.3 Å². The highest BCUT2D eigenvalue weighted by molar-refractivity contribution is 7.99. The molecular formula is C21H20N4O2S2. The molecule has 0 aromatic carbocycles. The van der Waals surface area contributed by atoms with Crippen molar-refractivity contribution >= 4 is 40.6 Å². The van der Waals surface area contributed by atoms with Crippen LogP contribution in [0.2, 0.25) is 0 Å². The Labute approximate surface area is 177 Å². The van der Waals surface area contributed by atoms with Crippen molar-refractivity contribution in [1.82, 2.24) is 14.9 Å². The maximum atomic E-state index is 12.8. The van der Waals surface area contributed by atoms with Crippen LogP contribution in [0.5, 0.6) is 0 Å². The molecule has 29 heavy (non-hydrogen) atoms. The lowest BCUT2D eigenvalue weighted by Crippen LogP contribution is -2.43. The summed E-state index contributed by atoms with van der Waals surface area (Å²) in [5.41, 5.74) is 0.699. The van der Waals surface area contributed by atoms with Gasteiger partial charge in [0.15, 0.2) is 0 Å². The highest BCUT2D eigenvalue weighted by Crippen LogP contribution is 2.26. The monoisotopic (exact) mass is 424 g/mol. The second-order valence-electron chi connectivity index (χ2n) is 6.71. The normalized spacial score (nSPS) is 16.4. The number of anilines is 1. The summed E-state index contributed by atoms with van der Waals surface area (Å²) in [7, 11) is 0. The summed E-state index contributed by atoms with van der Waals surface area (Å²) in [6.07, 6.45) is 5.02. The molecule has 1 aliphatic heterocycles. The average Bonchev–Trinajstić information content (AvgIpc) is 3.29. The van der Waals surface area contributed by atoms with Crippen LogP contribution in [0.4, 0.5) is 5.69 Å². The third kappa shape index (κ3) is 5.02. The molecule has 1 atom stereocenters. The van der Waals surface area contributed by atoms with Crippen molar-refractivity contribution in [1.29, 1.82) is 0 Å². The Kier molecular flexibility index (Phi) is 6.21. The van der Waals surface area contributed by atoms with Crippen molar-refractivity contribution in [3.63, 3.8) is 0 Å². The molecule has 0 saturated carbocycles. The van der Waals surface area contributed by atoms with E-state index >= 15 is 0 Å². The van der Waals surface area contributed by atoms with Crippen molar-refractivity contribution in [3.05, 3.63) is 65.1 Å². The van der Waals surface area contributed by atoms with Crippen LogP contribution in [0, 0.1) is 5.92 Å². The third-order valence-electron chi connectivity index (χ3n) is 4.66. The number of piperidine rings is 1. The van der Waals surface area contributed by atoms with Crippen LogP contribution in [-0.4, -0.2) is 39.8 Å².